The number of aromatic nitrogens is 2. The van der Waals surface area contributed by atoms with Crippen LogP contribution in [0.2, 0.25) is 0 Å². The van der Waals surface area contributed by atoms with E-state index in [0.29, 0.717) is 5.92 Å². The van der Waals surface area contributed by atoms with Crippen molar-refractivity contribution in [2.45, 2.75) is 25.2 Å². The van der Waals surface area contributed by atoms with Crippen LogP contribution in [0.3, 0.4) is 0 Å². The highest BCUT2D eigenvalue weighted by atomic mass is 15.1. The van der Waals surface area contributed by atoms with Crippen LogP contribution in [0.5, 0.6) is 0 Å². The molecule has 0 radical (unpaired) electrons. The third-order valence-electron chi connectivity index (χ3n) is 3.75. The average molecular weight is 263 g/mol. The van der Waals surface area contributed by atoms with Crippen LogP contribution in [0.25, 0.3) is 0 Å². The largest absolute Gasteiger partial charge is 0.354 e. The van der Waals surface area contributed by atoms with Gasteiger partial charge in [0.05, 0.1) is 0 Å². The molecule has 0 spiro atoms. The van der Waals surface area contributed by atoms with E-state index in [2.05, 4.69) is 32.5 Å². The van der Waals surface area contributed by atoms with Gasteiger partial charge in [0, 0.05) is 18.9 Å². The molecule has 0 aromatic carbocycles. The smallest absolute Gasteiger partial charge is 0.222 e. The highest BCUT2D eigenvalue weighted by Gasteiger charge is 2.18. The van der Waals surface area contributed by atoms with E-state index in [-0.39, 0.29) is 0 Å². The van der Waals surface area contributed by atoms with Gasteiger partial charge in [0.15, 0.2) is 0 Å². The van der Waals surface area contributed by atoms with E-state index < -0.39 is 0 Å². The summed E-state index contributed by atoms with van der Waals surface area (Å²) in [5.41, 5.74) is 1.29. The van der Waals surface area contributed by atoms with Gasteiger partial charge in [0.25, 0.3) is 0 Å². The van der Waals surface area contributed by atoms with Crippen molar-refractivity contribution in [3.8, 4) is 0 Å². The van der Waals surface area contributed by atoms with Crippen LogP contribution in [0.1, 0.15) is 30.7 Å². The topological polar surface area (TPSA) is 53.1 Å². The molecule has 5 nitrogen and oxygen atoms in total. The summed E-state index contributed by atoms with van der Waals surface area (Å²) in [5.74, 6) is 1.38. The standard InChI is InChI=1S/C14H25N5/c1-15-6-3-7-16-14-17-10-13(11-18-14)12-4-8-19(2)9-5-12/h10-12,15H,3-9H2,1-2H3,(H,16,17,18). The van der Waals surface area contributed by atoms with E-state index in [9.17, 15) is 0 Å². The van der Waals surface area contributed by atoms with Crippen molar-refractivity contribution < 1.29 is 0 Å². The Kier molecular flexibility index (Phi) is 5.54. The maximum Gasteiger partial charge on any atom is 0.222 e. The molecule has 0 bridgehead atoms. The Balaban J connectivity index is 1.81. The molecule has 1 aliphatic heterocycles. The SMILES string of the molecule is CNCCCNc1ncc(C2CCN(C)CC2)cn1. The Hall–Kier alpha value is -1.20. The molecule has 1 fully saturated rings. The normalized spacial score (nSPS) is 17.6. The van der Waals surface area contributed by atoms with Crippen molar-refractivity contribution in [3.05, 3.63) is 18.0 Å². The summed E-state index contributed by atoms with van der Waals surface area (Å²) in [6, 6.07) is 0. The predicted octanol–water partition coefficient (Wildman–Crippen LogP) is 1.31. The zero-order chi connectivity index (χ0) is 13.5. The van der Waals surface area contributed by atoms with Crippen molar-refractivity contribution in [1.29, 1.82) is 0 Å². The van der Waals surface area contributed by atoms with Crippen molar-refractivity contribution >= 4 is 5.95 Å². The van der Waals surface area contributed by atoms with Crippen LogP contribution in [0.15, 0.2) is 12.4 Å². The van der Waals surface area contributed by atoms with Gasteiger partial charge < -0.3 is 15.5 Å². The summed E-state index contributed by atoms with van der Waals surface area (Å²) in [6.45, 7) is 4.28. The second-order valence-corrected chi connectivity index (χ2v) is 5.30. The summed E-state index contributed by atoms with van der Waals surface area (Å²) >= 11 is 0. The number of piperidine rings is 1. The summed E-state index contributed by atoms with van der Waals surface area (Å²) < 4.78 is 0. The molecule has 2 rings (SSSR count). The highest BCUT2D eigenvalue weighted by Crippen LogP contribution is 2.26. The maximum absolute atomic E-state index is 4.41. The molecule has 1 aromatic rings. The van der Waals surface area contributed by atoms with Crippen molar-refractivity contribution in [2.24, 2.45) is 0 Å². The van der Waals surface area contributed by atoms with Crippen LogP contribution in [-0.2, 0) is 0 Å². The zero-order valence-corrected chi connectivity index (χ0v) is 12.0. The average Bonchev–Trinajstić information content (AvgIpc) is 2.45. The van der Waals surface area contributed by atoms with Gasteiger partial charge in [-0.2, -0.15) is 0 Å². The molecular weight excluding hydrogens is 238 g/mol. The van der Waals surface area contributed by atoms with Crippen molar-refractivity contribution in [1.82, 2.24) is 20.2 Å². The third-order valence-corrected chi connectivity index (χ3v) is 3.75. The predicted molar refractivity (Wildman–Crippen MR) is 78.5 cm³/mol. The van der Waals surface area contributed by atoms with Crippen LogP contribution in [0.4, 0.5) is 5.95 Å². The Labute approximate surface area is 115 Å². The summed E-state index contributed by atoms with van der Waals surface area (Å²) in [6.07, 6.45) is 7.49. The van der Waals surface area contributed by atoms with Gasteiger partial charge in [-0.25, -0.2) is 9.97 Å². The Bertz CT molecular complexity index is 357. The lowest BCUT2D eigenvalue weighted by Crippen LogP contribution is -2.29. The second kappa shape index (κ2) is 7.40. The van der Waals surface area contributed by atoms with Crippen LogP contribution in [-0.4, -0.2) is 55.1 Å². The van der Waals surface area contributed by atoms with E-state index in [4.69, 9.17) is 0 Å². The number of likely N-dealkylation sites (tertiary alicyclic amines) is 1. The van der Waals surface area contributed by atoms with Gasteiger partial charge in [-0.3, -0.25) is 0 Å². The zero-order valence-electron chi connectivity index (χ0n) is 12.0. The minimum atomic E-state index is 0.634. The lowest BCUT2D eigenvalue weighted by molar-refractivity contribution is 0.255. The Morgan fingerprint density at radius 1 is 1.21 bits per heavy atom. The molecule has 5 heteroatoms. The van der Waals surface area contributed by atoms with Crippen molar-refractivity contribution in [3.63, 3.8) is 0 Å². The van der Waals surface area contributed by atoms with Gasteiger partial charge in [0.1, 0.15) is 0 Å². The number of anilines is 1. The van der Waals surface area contributed by atoms with Gasteiger partial charge >= 0.3 is 0 Å². The molecule has 19 heavy (non-hydrogen) atoms. The highest BCUT2D eigenvalue weighted by molar-refractivity contribution is 5.26. The van der Waals surface area contributed by atoms with Gasteiger partial charge in [-0.05, 0) is 64.5 Å². The third kappa shape index (κ3) is 4.44. The molecule has 1 aromatic heterocycles. The van der Waals surface area contributed by atoms with Crippen LogP contribution in [0, 0.1) is 0 Å². The molecule has 0 atom stereocenters. The fourth-order valence-corrected chi connectivity index (χ4v) is 2.45. The first-order valence-electron chi connectivity index (χ1n) is 7.18. The molecule has 106 valence electrons. The summed E-state index contributed by atoms with van der Waals surface area (Å²) in [5, 5.41) is 6.37. The van der Waals surface area contributed by atoms with Gasteiger partial charge in [-0.15, -0.1) is 0 Å². The van der Waals surface area contributed by atoms with Gasteiger partial charge in [0.2, 0.25) is 5.95 Å². The first-order valence-corrected chi connectivity index (χ1v) is 7.18. The first-order chi connectivity index (χ1) is 9.29. The molecule has 2 N–H and O–H groups in total. The molecule has 2 heterocycles. The van der Waals surface area contributed by atoms with E-state index in [1.165, 1.54) is 31.5 Å². The first kappa shape index (κ1) is 14.2. The Morgan fingerprint density at radius 2 is 1.89 bits per heavy atom. The Morgan fingerprint density at radius 3 is 2.53 bits per heavy atom. The minimum absolute atomic E-state index is 0.634. The molecular formula is C14H25N5. The maximum atomic E-state index is 4.41. The van der Waals surface area contributed by atoms with E-state index >= 15 is 0 Å². The van der Waals surface area contributed by atoms with Gasteiger partial charge in [-0.1, -0.05) is 0 Å². The number of nitrogens with one attached hydrogen (secondary N) is 2. The summed E-state index contributed by atoms with van der Waals surface area (Å²) in [7, 11) is 4.15. The van der Waals surface area contributed by atoms with E-state index in [1.54, 1.807) is 0 Å². The van der Waals surface area contributed by atoms with Crippen LogP contribution < -0.4 is 10.6 Å². The number of hydrogen-bond acceptors (Lipinski definition) is 5. The molecule has 1 aliphatic rings. The monoisotopic (exact) mass is 263 g/mol. The second-order valence-electron chi connectivity index (χ2n) is 5.30. The fraction of sp³-hybridized carbons (Fsp3) is 0.714. The van der Waals surface area contributed by atoms with Crippen LogP contribution >= 0.6 is 0 Å². The lowest BCUT2D eigenvalue weighted by Gasteiger charge is -2.28. The minimum Gasteiger partial charge on any atom is -0.354 e. The molecule has 0 aliphatic carbocycles. The molecule has 0 saturated carbocycles. The molecule has 0 unspecified atom stereocenters. The quantitative estimate of drug-likeness (QED) is 0.758. The molecule has 1 saturated heterocycles. The van der Waals surface area contributed by atoms with Crippen molar-refractivity contribution in [2.75, 3.05) is 45.6 Å². The fourth-order valence-electron chi connectivity index (χ4n) is 2.45. The lowest BCUT2D eigenvalue weighted by atomic mass is 9.92. The molecule has 0 amide bonds. The number of nitrogens with zero attached hydrogens (tertiary/aromatic N) is 3. The summed E-state index contributed by atoms with van der Waals surface area (Å²) in [4.78, 5) is 11.2. The number of hydrogen-bond donors (Lipinski definition) is 2. The number of rotatable bonds is 6. The van der Waals surface area contributed by atoms with E-state index in [1.807, 2.05) is 19.4 Å². The van der Waals surface area contributed by atoms with E-state index in [0.717, 1.165) is 25.5 Å².